The second-order valence-corrected chi connectivity index (χ2v) is 6.76. The van der Waals surface area contributed by atoms with Crippen molar-refractivity contribution in [1.82, 2.24) is 5.32 Å². The van der Waals surface area contributed by atoms with Crippen LogP contribution >= 0.6 is 0 Å². The minimum atomic E-state index is -2.90. The summed E-state index contributed by atoms with van der Waals surface area (Å²) in [4.78, 5) is 0. The van der Waals surface area contributed by atoms with E-state index in [-0.39, 0.29) is 23.4 Å². The molecule has 0 amide bonds. The van der Waals surface area contributed by atoms with Gasteiger partial charge in [0.1, 0.15) is 15.7 Å². The molecule has 1 aromatic carbocycles. The van der Waals surface area contributed by atoms with Crippen LogP contribution in [0.2, 0.25) is 0 Å². The van der Waals surface area contributed by atoms with E-state index in [4.69, 9.17) is 0 Å². The van der Waals surface area contributed by atoms with Crippen LogP contribution in [0.1, 0.15) is 31.9 Å². The van der Waals surface area contributed by atoms with Crippen molar-refractivity contribution in [3.63, 3.8) is 0 Å². The standard InChI is InChI=1S/C13H20FNO2S/c1-3-18(16,17)10-6-9-15-11(2)12-7-4-5-8-13(12)14/h4-5,7-8,11,15H,3,6,9-10H2,1-2H3/t11-/m1/s1. The molecule has 0 heterocycles. The van der Waals surface area contributed by atoms with Crippen molar-refractivity contribution in [3.8, 4) is 0 Å². The lowest BCUT2D eigenvalue weighted by Gasteiger charge is -2.14. The van der Waals surface area contributed by atoms with Gasteiger partial charge in [0.2, 0.25) is 0 Å². The van der Waals surface area contributed by atoms with Gasteiger partial charge >= 0.3 is 0 Å². The van der Waals surface area contributed by atoms with Gasteiger partial charge in [-0.3, -0.25) is 0 Å². The maximum absolute atomic E-state index is 13.5. The van der Waals surface area contributed by atoms with Gasteiger partial charge in [-0.2, -0.15) is 0 Å². The Labute approximate surface area is 108 Å². The Morgan fingerprint density at radius 2 is 2.00 bits per heavy atom. The summed E-state index contributed by atoms with van der Waals surface area (Å²) in [7, 11) is -2.90. The second-order valence-electron chi connectivity index (χ2n) is 4.29. The minimum Gasteiger partial charge on any atom is -0.310 e. The predicted molar refractivity (Wildman–Crippen MR) is 71.8 cm³/mol. The molecule has 0 saturated heterocycles. The van der Waals surface area contributed by atoms with Crippen LogP contribution in [0, 0.1) is 5.82 Å². The molecule has 1 aromatic rings. The predicted octanol–water partition coefficient (Wildman–Crippen LogP) is 2.30. The molecule has 0 unspecified atom stereocenters. The molecule has 1 atom stereocenters. The molecule has 0 fully saturated rings. The third-order valence-corrected chi connectivity index (χ3v) is 4.68. The maximum Gasteiger partial charge on any atom is 0.150 e. The molecule has 102 valence electrons. The lowest BCUT2D eigenvalue weighted by molar-refractivity contribution is 0.525. The summed E-state index contributed by atoms with van der Waals surface area (Å²) in [5.41, 5.74) is 0.607. The normalized spacial score (nSPS) is 13.5. The molecule has 0 radical (unpaired) electrons. The molecule has 1 N–H and O–H groups in total. The van der Waals surface area contributed by atoms with Crippen LogP contribution in [0.3, 0.4) is 0 Å². The van der Waals surface area contributed by atoms with Crippen molar-refractivity contribution >= 4 is 9.84 Å². The smallest absolute Gasteiger partial charge is 0.150 e. The van der Waals surface area contributed by atoms with Gasteiger partial charge in [0.15, 0.2) is 0 Å². The Morgan fingerprint density at radius 1 is 1.33 bits per heavy atom. The van der Waals surface area contributed by atoms with E-state index in [1.165, 1.54) is 6.07 Å². The van der Waals surface area contributed by atoms with Crippen molar-refractivity contribution in [2.75, 3.05) is 18.1 Å². The first-order valence-corrected chi connectivity index (χ1v) is 7.96. The third kappa shape index (κ3) is 4.74. The summed E-state index contributed by atoms with van der Waals surface area (Å²) in [6.45, 7) is 4.08. The average Bonchev–Trinajstić information content (AvgIpc) is 2.35. The van der Waals surface area contributed by atoms with Gasteiger partial charge in [0.05, 0.1) is 5.75 Å². The number of hydrogen-bond acceptors (Lipinski definition) is 3. The second kappa shape index (κ2) is 6.85. The van der Waals surface area contributed by atoms with Crippen molar-refractivity contribution in [1.29, 1.82) is 0 Å². The first-order valence-electron chi connectivity index (χ1n) is 6.14. The van der Waals surface area contributed by atoms with Crippen LogP contribution < -0.4 is 5.32 Å². The molecule has 3 nitrogen and oxygen atoms in total. The molecular weight excluding hydrogens is 253 g/mol. The van der Waals surface area contributed by atoms with Crippen LogP contribution in [-0.4, -0.2) is 26.5 Å². The van der Waals surface area contributed by atoms with E-state index < -0.39 is 9.84 Å². The Balaban J connectivity index is 2.39. The van der Waals surface area contributed by atoms with Gasteiger partial charge in [-0.1, -0.05) is 25.1 Å². The lowest BCUT2D eigenvalue weighted by Crippen LogP contribution is -2.23. The Bertz CT molecular complexity index is 474. The molecule has 0 spiro atoms. The fraction of sp³-hybridized carbons (Fsp3) is 0.538. The van der Waals surface area contributed by atoms with E-state index in [0.29, 0.717) is 18.5 Å². The largest absolute Gasteiger partial charge is 0.310 e. The van der Waals surface area contributed by atoms with Crippen molar-refractivity contribution in [2.45, 2.75) is 26.3 Å². The molecule has 1 rings (SSSR count). The van der Waals surface area contributed by atoms with Crippen LogP contribution in [0.5, 0.6) is 0 Å². The number of nitrogens with one attached hydrogen (secondary N) is 1. The fourth-order valence-electron chi connectivity index (χ4n) is 1.69. The van der Waals surface area contributed by atoms with Crippen LogP contribution in [0.25, 0.3) is 0 Å². The lowest BCUT2D eigenvalue weighted by atomic mass is 10.1. The number of rotatable bonds is 7. The van der Waals surface area contributed by atoms with Crippen molar-refractivity contribution < 1.29 is 12.8 Å². The monoisotopic (exact) mass is 273 g/mol. The molecule has 0 bridgehead atoms. The van der Waals surface area contributed by atoms with E-state index in [9.17, 15) is 12.8 Å². The van der Waals surface area contributed by atoms with Gasteiger partial charge in [-0.25, -0.2) is 12.8 Å². The summed E-state index contributed by atoms with van der Waals surface area (Å²) in [6.07, 6.45) is 0.551. The van der Waals surface area contributed by atoms with E-state index >= 15 is 0 Å². The van der Waals surface area contributed by atoms with Gasteiger partial charge in [0, 0.05) is 17.4 Å². The molecule has 5 heteroatoms. The molecule has 0 aliphatic rings. The van der Waals surface area contributed by atoms with Gasteiger partial charge in [0.25, 0.3) is 0 Å². The Morgan fingerprint density at radius 3 is 2.61 bits per heavy atom. The zero-order chi connectivity index (χ0) is 13.6. The Hall–Kier alpha value is -0.940. The summed E-state index contributed by atoms with van der Waals surface area (Å²) in [6, 6.07) is 6.48. The molecule has 0 aliphatic carbocycles. The van der Waals surface area contributed by atoms with E-state index in [2.05, 4.69) is 5.32 Å². The quantitative estimate of drug-likeness (QED) is 0.775. The van der Waals surface area contributed by atoms with Crippen molar-refractivity contribution in [2.24, 2.45) is 0 Å². The molecule has 0 aliphatic heterocycles. The van der Waals surface area contributed by atoms with Crippen LogP contribution in [-0.2, 0) is 9.84 Å². The van der Waals surface area contributed by atoms with Crippen molar-refractivity contribution in [3.05, 3.63) is 35.6 Å². The highest BCUT2D eigenvalue weighted by Gasteiger charge is 2.10. The van der Waals surface area contributed by atoms with Crippen LogP contribution in [0.4, 0.5) is 4.39 Å². The van der Waals surface area contributed by atoms with E-state index in [0.717, 1.165) is 0 Å². The SMILES string of the molecule is CCS(=O)(=O)CCCN[C@H](C)c1ccccc1F. The molecule has 0 aromatic heterocycles. The van der Waals surface area contributed by atoms with E-state index in [1.54, 1.807) is 25.1 Å². The number of benzene rings is 1. The topological polar surface area (TPSA) is 46.2 Å². The highest BCUT2D eigenvalue weighted by Crippen LogP contribution is 2.15. The summed E-state index contributed by atoms with van der Waals surface area (Å²) >= 11 is 0. The Kier molecular flexibility index (Phi) is 5.75. The molecule has 18 heavy (non-hydrogen) atoms. The minimum absolute atomic E-state index is 0.115. The average molecular weight is 273 g/mol. The third-order valence-electron chi connectivity index (χ3n) is 2.89. The summed E-state index contributed by atoms with van der Waals surface area (Å²) in [5, 5.41) is 3.13. The zero-order valence-electron chi connectivity index (χ0n) is 10.8. The molecule has 0 saturated carbocycles. The first-order chi connectivity index (χ1) is 8.46. The highest BCUT2D eigenvalue weighted by atomic mass is 32.2. The van der Waals surface area contributed by atoms with E-state index in [1.807, 2.05) is 6.92 Å². The number of sulfone groups is 1. The first kappa shape index (κ1) is 15.1. The van der Waals surface area contributed by atoms with Gasteiger partial charge < -0.3 is 5.32 Å². The summed E-state index contributed by atoms with van der Waals surface area (Å²) in [5.74, 6) is 0.120. The molecular formula is C13H20FNO2S. The van der Waals surface area contributed by atoms with Crippen LogP contribution in [0.15, 0.2) is 24.3 Å². The zero-order valence-corrected chi connectivity index (χ0v) is 11.6. The number of halogens is 1. The van der Waals surface area contributed by atoms with Gasteiger partial charge in [-0.15, -0.1) is 0 Å². The summed E-state index contributed by atoms with van der Waals surface area (Å²) < 4.78 is 36.0. The maximum atomic E-state index is 13.5. The fourth-order valence-corrected chi connectivity index (χ4v) is 2.56. The highest BCUT2D eigenvalue weighted by molar-refractivity contribution is 7.91. The van der Waals surface area contributed by atoms with Gasteiger partial charge in [-0.05, 0) is 26.0 Å². The number of hydrogen-bond donors (Lipinski definition) is 1.